The molecular weight excluding hydrogens is 301 g/mol. The maximum atomic E-state index is 12.8. The van der Waals surface area contributed by atoms with Gasteiger partial charge in [-0.3, -0.25) is 0 Å². The van der Waals surface area contributed by atoms with Crippen LogP contribution >= 0.6 is 11.3 Å². The SMILES string of the molecule is CCNC(c1cnc(C(F)(F)F)s1)C1(OC)CCCCC1. The summed E-state index contributed by atoms with van der Waals surface area (Å²) in [6, 6.07) is -0.235. The lowest BCUT2D eigenvalue weighted by molar-refractivity contribution is -0.137. The quantitative estimate of drug-likeness (QED) is 0.884. The number of likely N-dealkylation sites (N-methyl/N-ethyl adjacent to an activating group) is 1. The van der Waals surface area contributed by atoms with Gasteiger partial charge in [0, 0.05) is 18.2 Å². The van der Waals surface area contributed by atoms with Crippen molar-refractivity contribution in [1.29, 1.82) is 0 Å². The van der Waals surface area contributed by atoms with Crippen LogP contribution < -0.4 is 5.32 Å². The number of ether oxygens (including phenoxy) is 1. The minimum absolute atomic E-state index is 0.235. The second kappa shape index (κ2) is 6.62. The van der Waals surface area contributed by atoms with Gasteiger partial charge in [0.2, 0.25) is 0 Å². The van der Waals surface area contributed by atoms with Crippen molar-refractivity contribution in [3.05, 3.63) is 16.1 Å². The third-order valence-corrected chi connectivity index (χ3v) is 5.20. The molecule has 1 aromatic heterocycles. The summed E-state index contributed by atoms with van der Waals surface area (Å²) in [4.78, 5) is 4.15. The van der Waals surface area contributed by atoms with Gasteiger partial charge in [0.1, 0.15) is 0 Å². The Bertz CT molecular complexity index is 455. The highest BCUT2D eigenvalue weighted by Gasteiger charge is 2.43. The van der Waals surface area contributed by atoms with Crippen molar-refractivity contribution in [2.75, 3.05) is 13.7 Å². The average Bonchev–Trinajstić information content (AvgIpc) is 2.95. The van der Waals surface area contributed by atoms with Gasteiger partial charge in [-0.1, -0.05) is 26.2 Å². The van der Waals surface area contributed by atoms with Gasteiger partial charge in [0.25, 0.3) is 0 Å². The number of nitrogens with one attached hydrogen (secondary N) is 1. The highest BCUT2D eigenvalue weighted by atomic mass is 32.1. The van der Waals surface area contributed by atoms with Crippen LogP contribution in [0.25, 0.3) is 0 Å². The summed E-state index contributed by atoms with van der Waals surface area (Å²) in [5.74, 6) is 0. The molecule has 0 aromatic carbocycles. The van der Waals surface area contributed by atoms with Gasteiger partial charge in [-0.2, -0.15) is 13.2 Å². The molecule has 0 spiro atoms. The van der Waals surface area contributed by atoms with E-state index in [4.69, 9.17) is 4.74 Å². The van der Waals surface area contributed by atoms with E-state index >= 15 is 0 Å². The largest absolute Gasteiger partial charge is 0.443 e. The molecule has 1 aliphatic carbocycles. The number of thiazole rings is 1. The zero-order chi connectivity index (χ0) is 15.5. The van der Waals surface area contributed by atoms with E-state index < -0.39 is 16.8 Å². The number of halogens is 3. The third kappa shape index (κ3) is 3.57. The van der Waals surface area contributed by atoms with Gasteiger partial charge in [-0.15, -0.1) is 11.3 Å². The van der Waals surface area contributed by atoms with Crippen LogP contribution in [0.4, 0.5) is 13.2 Å². The molecule has 7 heteroatoms. The molecule has 0 aliphatic heterocycles. The second-order valence-corrected chi connectivity index (χ2v) is 6.45. The van der Waals surface area contributed by atoms with Crippen molar-refractivity contribution >= 4 is 11.3 Å². The minimum Gasteiger partial charge on any atom is -0.376 e. The summed E-state index contributed by atoms with van der Waals surface area (Å²) >= 11 is 0.717. The molecule has 1 N–H and O–H groups in total. The van der Waals surface area contributed by atoms with Crippen molar-refractivity contribution in [2.45, 2.75) is 56.8 Å². The van der Waals surface area contributed by atoms with Crippen molar-refractivity contribution in [1.82, 2.24) is 10.3 Å². The Kier molecular flexibility index (Phi) is 5.27. The monoisotopic (exact) mass is 322 g/mol. The van der Waals surface area contributed by atoms with Gasteiger partial charge < -0.3 is 10.1 Å². The lowest BCUT2D eigenvalue weighted by Crippen LogP contribution is -2.46. The van der Waals surface area contributed by atoms with Crippen LogP contribution in [-0.4, -0.2) is 24.2 Å². The Morgan fingerprint density at radius 2 is 2.05 bits per heavy atom. The van der Waals surface area contributed by atoms with Crippen LogP contribution in [0.15, 0.2) is 6.20 Å². The molecule has 1 atom stereocenters. The zero-order valence-electron chi connectivity index (χ0n) is 12.3. The molecular formula is C14H21F3N2OS. The highest BCUT2D eigenvalue weighted by molar-refractivity contribution is 7.11. The van der Waals surface area contributed by atoms with Gasteiger partial charge in [0.05, 0.1) is 11.6 Å². The van der Waals surface area contributed by atoms with Gasteiger partial charge in [0.15, 0.2) is 5.01 Å². The molecule has 1 unspecified atom stereocenters. The van der Waals surface area contributed by atoms with E-state index in [9.17, 15) is 13.2 Å². The predicted octanol–water partition coefficient (Wildman–Crippen LogP) is 4.16. The average molecular weight is 322 g/mol. The van der Waals surface area contributed by atoms with E-state index in [1.807, 2.05) is 6.92 Å². The molecule has 0 bridgehead atoms. The maximum Gasteiger partial charge on any atom is 0.443 e. The molecule has 120 valence electrons. The molecule has 1 fully saturated rings. The van der Waals surface area contributed by atoms with Crippen molar-refractivity contribution in [3.8, 4) is 0 Å². The molecule has 0 radical (unpaired) electrons. The lowest BCUT2D eigenvalue weighted by atomic mass is 9.78. The van der Waals surface area contributed by atoms with E-state index in [0.29, 0.717) is 22.8 Å². The number of methoxy groups -OCH3 is 1. The van der Waals surface area contributed by atoms with Crippen LogP contribution in [0.2, 0.25) is 0 Å². The first-order valence-corrected chi connectivity index (χ1v) is 8.06. The number of hydrogen-bond donors (Lipinski definition) is 1. The van der Waals surface area contributed by atoms with Gasteiger partial charge in [-0.05, 0) is 19.4 Å². The summed E-state index contributed by atoms with van der Waals surface area (Å²) in [5.41, 5.74) is -0.427. The first-order valence-electron chi connectivity index (χ1n) is 7.24. The molecule has 0 saturated heterocycles. The van der Waals surface area contributed by atoms with E-state index in [2.05, 4.69) is 10.3 Å². The van der Waals surface area contributed by atoms with Crippen LogP contribution in [0.3, 0.4) is 0 Å². The fourth-order valence-electron chi connectivity index (χ4n) is 3.06. The number of hydrogen-bond acceptors (Lipinski definition) is 4. The van der Waals surface area contributed by atoms with E-state index in [0.717, 1.165) is 32.1 Å². The second-order valence-electron chi connectivity index (χ2n) is 5.39. The Hall–Kier alpha value is -0.660. The standard InChI is InChI=1S/C14H21F3N2OS/c1-3-18-11(13(20-2)7-5-4-6-8-13)10-9-19-12(21-10)14(15,16)17/h9,11,18H,3-8H2,1-2H3. The molecule has 2 rings (SSSR count). The van der Waals surface area contributed by atoms with E-state index in [-0.39, 0.29) is 6.04 Å². The molecule has 0 amide bonds. The fraction of sp³-hybridized carbons (Fsp3) is 0.786. The Morgan fingerprint density at radius 3 is 2.52 bits per heavy atom. The van der Waals surface area contributed by atoms with Crippen LogP contribution in [0.1, 0.15) is 55.0 Å². The molecule has 3 nitrogen and oxygen atoms in total. The predicted molar refractivity (Wildman–Crippen MR) is 76.4 cm³/mol. The molecule has 1 aromatic rings. The topological polar surface area (TPSA) is 34.2 Å². The van der Waals surface area contributed by atoms with E-state index in [1.54, 1.807) is 7.11 Å². The number of rotatable bonds is 5. The van der Waals surface area contributed by atoms with Gasteiger partial charge in [-0.25, -0.2) is 4.98 Å². The van der Waals surface area contributed by atoms with E-state index in [1.165, 1.54) is 6.20 Å². The Balaban J connectivity index is 2.31. The normalized spacial score (nSPS) is 20.4. The number of aromatic nitrogens is 1. The van der Waals surface area contributed by atoms with Crippen molar-refractivity contribution in [3.63, 3.8) is 0 Å². The van der Waals surface area contributed by atoms with Gasteiger partial charge >= 0.3 is 6.18 Å². The van der Waals surface area contributed by atoms with Crippen molar-refractivity contribution in [2.24, 2.45) is 0 Å². The Morgan fingerprint density at radius 1 is 1.38 bits per heavy atom. The Labute approximate surface area is 126 Å². The first-order chi connectivity index (χ1) is 9.93. The summed E-state index contributed by atoms with van der Waals surface area (Å²) in [5, 5.41) is 2.51. The fourth-order valence-corrected chi connectivity index (χ4v) is 4.03. The third-order valence-electron chi connectivity index (χ3n) is 4.09. The van der Waals surface area contributed by atoms with Crippen LogP contribution in [0, 0.1) is 0 Å². The molecule has 1 heterocycles. The van der Waals surface area contributed by atoms with Crippen LogP contribution in [0.5, 0.6) is 0 Å². The number of nitrogens with zero attached hydrogens (tertiary/aromatic N) is 1. The van der Waals surface area contributed by atoms with Crippen LogP contribution in [-0.2, 0) is 10.9 Å². The molecule has 1 saturated carbocycles. The number of alkyl halides is 3. The summed E-state index contributed by atoms with van der Waals surface area (Å²) in [6.07, 6.45) is 1.92. The molecule has 1 aliphatic rings. The summed E-state index contributed by atoms with van der Waals surface area (Å²) in [6.45, 7) is 2.62. The highest BCUT2D eigenvalue weighted by Crippen LogP contribution is 2.44. The summed E-state index contributed by atoms with van der Waals surface area (Å²) in [7, 11) is 1.65. The van der Waals surface area contributed by atoms with Crippen molar-refractivity contribution < 1.29 is 17.9 Å². The maximum absolute atomic E-state index is 12.8. The molecule has 21 heavy (non-hydrogen) atoms. The zero-order valence-corrected chi connectivity index (χ0v) is 13.1. The lowest BCUT2D eigenvalue weighted by Gasteiger charge is -2.42. The first kappa shape index (κ1) is 16.7. The smallest absolute Gasteiger partial charge is 0.376 e. The summed E-state index contributed by atoms with van der Waals surface area (Å²) < 4.78 is 44.1. The minimum atomic E-state index is -4.38.